The van der Waals surface area contributed by atoms with Crippen LogP contribution in [0, 0.1) is 0 Å². The molecule has 22 heavy (non-hydrogen) atoms. The Kier molecular flexibility index (Phi) is 5.01. The Morgan fingerprint density at radius 1 is 1.23 bits per heavy atom. The summed E-state index contributed by atoms with van der Waals surface area (Å²) in [6.07, 6.45) is 3.13. The number of aromatic carboxylic acids is 1. The van der Waals surface area contributed by atoms with Crippen molar-refractivity contribution < 1.29 is 9.90 Å². The Morgan fingerprint density at radius 2 is 1.95 bits per heavy atom. The Morgan fingerprint density at radius 3 is 2.55 bits per heavy atom. The molecule has 0 aliphatic rings. The van der Waals surface area contributed by atoms with Crippen molar-refractivity contribution in [1.29, 1.82) is 0 Å². The first kappa shape index (κ1) is 16.3. The molecule has 4 nitrogen and oxygen atoms in total. The van der Waals surface area contributed by atoms with Crippen LogP contribution in [-0.4, -0.2) is 15.6 Å². The minimum atomic E-state index is -0.937. The van der Waals surface area contributed by atoms with Gasteiger partial charge in [-0.1, -0.05) is 33.6 Å². The molecule has 0 amide bonds. The van der Waals surface area contributed by atoms with E-state index in [0.29, 0.717) is 6.54 Å². The van der Waals surface area contributed by atoms with Gasteiger partial charge in [0.05, 0.1) is 11.1 Å². The second-order valence-electron chi connectivity index (χ2n) is 5.99. The van der Waals surface area contributed by atoms with Gasteiger partial charge in [-0.2, -0.15) is 0 Å². The standard InChI is InChI=1S/C18H23NO3/c1-4-5-6-9-19-16(20)8-7-13-10-14(18(21)22)11-15(12(2)3)17(13)19/h7-8,10-12H,4-6,9H2,1-3H3,(H,21,22). The molecule has 0 aliphatic carbocycles. The van der Waals surface area contributed by atoms with Crippen molar-refractivity contribution in [2.75, 3.05) is 0 Å². The Labute approximate surface area is 130 Å². The number of carbonyl (C=O) groups is 1. The van der Waals surface area contributed by atoms with Gasteiger partial charge in [-0.3, -0.25) is 4.79 Å². The van der Waals surface area contributed by atoms with E-state index in [2.05, 4.69) is 6.92 Å². The molecule has 0 bridgehead atoms. The number of nitrogens with zero attached hydrogens (tertiary/aromatic N) is 1. The molecule has 118 valence electrons. The third-order valence-corrected chi connectivity index (χ3v) is 3.96. The van der Waals surface area contributed by atoms with Crippen LogP contribution >= 0.6 is 0 Å². The lowest BCUT2D eigenvalue weighted by Gasteiger charge is -2.17. The van der Waals surface area contributed by atoms with E-state index >= 15 is 0 Å². The smallest absolute Gasteiger partial charge is 0.335 e. The molecule has 4 heteroatoms. The number of hydrogen-bond acceptors (Lipinski definition) is 2. The van der Waals surface area contributed by atoms with Crippen molar-refractivity contribution in [1.82, 2.24) is 4.57 Å². The first-order valence-electron chi connectivity index (χ1n) is 7.86. The van der Waals surface area contributed by atoms with E-state index in [1.54, 1.807) is 22.8 Å². The third kappa shape index (κ3) is 3.21. The minimum Gasteiger partial charge on any atom is -0.478 e. The highest BCUT2D eigenvalue weighted by atomic mass is 16.4. The van der Waals surface area contributed by atoms with Crippen LogP contribution in [0.25, 0.3) is 10.9 Å². The number of aryl methyl sites for hydroxylation is 1. The predicted molar refractivity (Wildman–Crippen MR) is 88.8 cm³/mol. The van der Waals surface area contributed by atoms with Gasteiger partial charge in [0.2, 0.25) is 0 Å². The molecular weight excluding hydrogens is 278 g/mol. The lowest BCUT2D eigenvalue weighted by atomic mass is 9.96. The Balaban J connectivity index is 2.70. The molecule has 1 heterocycles. The summed E-state index contributed by atoms with van der Waals surface area (Å²) in [6, 6.07) is 6.61. The number of carboxylic acid groups (broad SMARTS) is 1. The second kappa shape index (κ2) is 6.77. The second-order valence-corrected chi connectivity index (χ2v) is 5.99. The van der Waals surface area contributed by atoms with E-state index in [9.17, 15) is 14.7 Å². The molecule has 1 aromatic heterocycles. The van der Waals surface area contributed by atoms with E-state index in [1.807, 2.05) is 13.8 Å². The summed E-state index contributed by atoms with van der Waals surface area (Å²) in [5.74, 6) is -0.784. The van der Waals surface area contributed by atoms with Crippen LogP contribution in [0.4, 0.5) is 0 Å². The lowest BCUT2D eigenvalue weighted by Crippen LogP contribution is -2.21. The fourth-order valence-electron chi connectivity index (χ4n) is 2.79. The van der Waals surface area contributed by atoms with Gasteiger partial charge in [0.1, 0.15) is 0 Å². The van der Waals surface area contributed by atoms with E-state index < -0.39 is 5.97 Å². The number of benzene rings is 1. The van der Waals surface area contributed by atoms with Crippen molar-refractivity contribution in [3.05, 3.63) is 45.7 Å². The number of rotatable bonds is 6. The summed E-state index contributed by atoms with van der Waals surface area (Å²) >= 11 is 0. The number of hydrogen-bond donors (Lipinski definition) is 1. The maximum absolute atomic E-state index is 12.3. The van der Waals surface area contributed by atoms with Crippen molar-refractivity contribution in [2.24, 2.45) is 0 Å². The van der Waals surface area contributed by atoms with Gasteiger partial charge in [0.15, 0.2) is 0 Å². The monoisotopic (exact) mass is 301 g/mol. The molecule has 0 fully saturated rings. The number of carboxylic acids is 1. The Hall–Kier alpha value is -2.10. The van der Waals surface area contributed by atoms with Crippen molar-refractivity contribution in [2.45, 2.75) is 52.5 Å². The average molecular weight is 301 g/mol. The minimum absolute atomic E-state index is 0.0198. The van der Waals surface area contributed by atoms with Crippen LogP contribution in [0.15, 0.2) is 29.1 Å². The normalized spacial score (nSPS) is 11.3. The third-order valence-electron chi connectivity index (χ3n) is 3.96. The fourth-order valence-corrected chi connectivity index (χ4v) is 2.79. The fraction of sp³-hybridized carbons (Fsp3) is 0.444. The molecule has 0 spiro atoms. The van der Waals surface area contributed by atoms with Crippen molar-refractivity contribution >= 4 is 16.9 Å². The van der Waals surface area contributed by atoms with E-state index in [0.717, 1.165) is 35.7 Å². The zero-order valence-electron chi connectivity index (χ0n) is 13.4. The largest absolute Gasteiger partial charge is 0.478 e. The van der Waals surface area contributed by atoms with Crippen molar-refractivity contribution in [3.8, 4) is 0 Å². The lowest BCUT2D eigenvalue weighted by molar-refractivity contribution is 0.0697. The molecule has 2 rings (SSSR count). The molecular formula is C18H23NO3. The number of fused-ring (bicyclic) bond motifs is 1. The maximum Gasteiger partial charge on any atom is 0.335 e. The zero-order chi connectivity index (χ0) is 16.3. The van der Waals surface area contributed by atoms with Gasteiger partial charge in [0.25, 0.3) is 5.56 Å². The number of unbranched alkanes of at least 4 members (excludes halogenated alkanes) is 2. The highest BCUT2D eigenvalue weighted by Gasteiger charge is 2.15. The summed E-state index contributed by atoms with van der Waals surface area (Å²) < 4.78 is 1.80. The topological polar surface area (TPSA) is 59.3 Å². The Bertz CT molecular complexity index is 744. The molecule has 0 unspecified atom stereocenters. The van der Waals surface area contributed by atoms with E-state index in [-0.39, 0.29) is 17.0 Å². The quantitative estimate of drug-likeness (QED) is 0.820. The summed E-state index contributed by atoms with van der Waals surface area (Å²) in [6.45, 7) is 6.85. The molecule has 0 radical (unpaired) electrons. The number of pyridine rings is 1. The summed E-state index contributed by atoms with van der Waals surface area (Å²) in [4.78, 5) is 23.6. The highest BCUT2D eigenvalue weighted by Crippen LogP contribution is 2.27. The predicted octanol–water partition coefficient (Wildman–Crippen LogP) is 4.01. The van der Waals surface area contributed by atoms with Gasteiger partial charge in [0, 0.05) is 12.6 Å². The maximum atomic E-state index is 12.3. The molecule has 2 aromatic rings. The van der Waals surface area contributed by atoms with Gasteiger partial charge >= 0.3 is 5.97 Å². The first-order chi connectivity index (χ1) is 10.5. The van der Waals surface area contributed by atoms with Crippen LogP contribution in [0.5, 0.6) is 0 Å². The molecule has 1 aromatic carbocycles. The summed E-state index contributed by atoms with van der Waals surface area (Å²) in [5.41, 5.74) is 2.05. The van der Waals surface area contributed by atoms with E-state index in [1.165, 1.54) is 6.07 Å². The van der Waals surface area contributed by atoms with Crippen LogP contribution in [0.2, 0.25) is 0 Å². The van der Waals surface area contributed by atoms with E-state index in [4.69, 9.17) is 0 Å². The van der Waals surface area contributed by atoms with Crippen LogP contribution in [0.3, 0.4) is 0 Å². The summed E-state index contributed by atoms with van der Waals surface area (Å²) in [5, 5.41) is 10.1. The molecule has 0 saturated carbocycles. The average Bonchev–Trinajstić information content (AvgIpc) is 2.48. The summed E-state index contributed by atoms with van der Waals surface area (Å²) in [7, 11) is 0. The van der Waals surface area contributed by atoms with Crippen molar-refractivity contribution in [3.63, 3.8) is 0 Å². The van der Waals surface area contributed by atoms with Gasteiger partial charge < -0.3 is 9.67 Å². The molecule has 1 N–H and O–H groups in total. The van der Waals surface area contributed by atoms with Gasteiger partial charge in [-0.25, -0.2) is 4.79 Å². The van der Waals surface area contributed by atoms with Crippen LogP contribution in [0.1, 0.15) is 61.9 Å². The first-order valence-corrected chi connectivity index (χ1v) is 7.86. The molecule has 0 aliphatic heterocycles. The number of aromatic nitrogens is 1. The molecule has 0 atom stereocenters. The SMILES string of the molecule is CCCCCn1c(=O)ccc2cc(C(=O)O)cc(C(C)C)c21. The molecule has 0 saturated heterocycles. The van der Waals surface area contributed by atoms with Gasteiger partial charge in [-0.05, 0) is 41.5 Å². The highest BCUT2D eigenvalue weighted by molar-refractivity contribution is 5.95. The van der Waals surface area contributed by atoms with Crippen LogP contribution < -0.4 is 5.56 Å². The van der Waals surface area contributed by atoms with Crippen LogP contribution in [-0.2, 0) is 6.54 Å². The van der Waals surface area contributed by atoms with Gasteiger partial charge in [-0.15, -0.1) is 0 Å². The zero-order valence-corrected chi connectivity index (χ0v) is 13.4.